The van der Waals surface area contributed by atoms with E-state index in [9.17, 15) is 9.59 Å². The number of fused-ring (bicyclic) bond motifs is 1. The van der Waals surface area contributed by atoms with Crippen LogP contribution in [-0.2, 0) is 16.1 Å². The molecular weight excluding hydrogens is 588 g/mol. The number of carbonyl (C=O) groups excluding carboxylic acids is 1. The number of nitrogens with zero attached hydrogens (tertiary/aromatic N) is 2. The predicted molar refractivity (Wildman–Crippen MR) is 167 cm³/mol. The third-order valence-electron chi connectivity index (χ3n) is 6.79. The van der Waals surface area contributed by atoms with E-state index in [0.29, 0.717) is 55.0 Å². The number of benzene rings is 3. The van der Waals surface area contributed by atoms with Crippen molar-refractivity contribution in [2.24, 2.45) is 4.99 Å². The van der Waals surface area contributed by atoms with Crippen LogP contribution in [0.1, 0.15) is 43.5 Å². The minimum atomic E-state index is -0.734. The molecule has 0 saturated heterocycles. The molecule has 0 fully saturated rings. The summed E-state index contributed by atoms with van der Waals surface area (Å²) in [5, 5.41) is 0.347. The molecule has 0 saturated carbocycles. The molecule has 222 valence electrons. The van der Waals surface area contributed by atoms with Gasteiger partial charge < -0.3 is 18.9 Å². The summed E-state index contributed by atoms with van der Waals surface area (Å²) in [4.78, 5) is 32.4. The fourth-order valence-electron chi connectivity index (χ4n) is 4.81. The summed E-state index contributed by atoms with van der Waals surface area (Å²) in [6.45, 7) is 5.64. The lowest BCUT2D eigenvalue weighted by molar-refractivity contribution is -0.143. The molecule has 5 rings (SSSR count). The number of methoxy groups -OCH3 is 2. The highest BCUT2D eigenvalue weighted by atomic mass is 35.5. The summed E-state index contributed by atoms with van der Waals surface area (Å²) < 4.78 is 24.4. The zero-order chi connectivity index (χ0) is 30.7. The second-order valence-corrected chi connectivity index (χ2v) is 11.5. The topological polar surface area (TPSA) is 88.4 Å². The van der Waals surface area contributed by atoms with Crippen LogP contribution in [-0.4, -0.2) is 30.9 Å². The smallest absolute Gasteiger partial charge is 0.338 e. The molecule has 1 aliphatic rings. The second kappa shape index (κ2) is 12.9. The van der Waals surface area contributed by atoms with Gasteiger partial charge in [0.1, 0.15) is 12.4 Å². The van der Waals surface area contributed by atoms with E-state index < -0.39 is 12.0 Å². The molecule has 43 heavy (non-hydrogen) atoms. The van der Waals surface area contributed by atoms with Crippen molar-refractivity contribution in [2.75, 3.05) is 14.2 Å². The molecule has 0 unspecified atom stereocenters. The number of hydrogen-bond donors (Lipinski definition) is 0. The molecule has 0 aliphatic carbocycles. The van der Waals surface area contributed by atoms with Crippen molar-refractivity contribution in [1.29, 1.82) is 0 Å². The number of rotatable bonds is 9. The zero-order valence-corrected chi connectivity index (χ0v) is 26.0. The predicted octanol–water partition coefficient (Wildman–Crippen LogP) is 5.44. The van der Waals surface area contributed by atoms with Gasteiger partial charge in [0, 0.05) is 0 Å². The van der Waals surface area contributed by atoms with Crippen LogP contribution < -0.4 is 29.1 Å². The van der Waals surface area contributed by atoms with Gasteiger partial charge in [-0.15, -0.1) is 0 Å². The Morgan fingerprint density at radius 3 is 2.44 bits per heavy atom. The Hall–Kier alpha value is -4.34. The third-order valence-corrected chi connectivity index (χ3v) is 8.06. The SMILES string of the molecule is COc1ccc([C@H]2C(C(=O)OC(C)C)=C(C)N=c3s/c(=C\c4cc(Cl)c(OCc5ccccc5)c(OC)c4)c(=O)n32)cc1. The number of carbonyl (C=O) groups is 1. The van der Waals surface area contributed by atoms with E-state index in [1.807, 2.05) is 42.5 Å². The van der Waals surface area contributed by atoms with Gasteiger partial charge in [0.2, 0.25) is 0 Å². The molecular formula is C33H31ClN2O6S. The van der Waals surface area contributed by atoms with Crippen LogP contribution in [0.15, 0.2) is 87.8 Å². The average molecular weight is 619 g/mol. The quantitative estimate of drug-likeness (QED) is 0.232. The molecule has 1 aromatic heterocycles. The van der Waals surface area contributed by atoms with Gasteiger partial charge in [0.25, 0.3) is 5.56 Å². The second-order valence-electron chi connectivity index (χ2n) is 10.1. The van der Waals surface area contributed by atoms with Crippen LogP contribution >= 0.6 is 22.9 Å². The Morgan fingerprint density at radius 2 is 1.79 bits per heavy atom. The van der Waals surface area contributed by atoms with Gasteiger partial charge in [0.05, 0.1) is 47.2 Å². The van der Waals surface area contributed by atoms with Gasteiger partial charge in [-0.25, -0.2) is 9.79 Å². The van der Waals surface area contributed by atoms with Gasteiger partial charge in [-0.2, -0.15) is 0 Å². The molecule has 1 aliphatic heterocycles. The Morgan fingerprint density at radius 1 is 1.07 bits per heavy atom. The van der Waals surface area contributed by atoms with Crippen molar-refractivity contribution >= 4 is 35.0 Å². The molecule has 8 nitrogen and oxygen atoms in total. The Kier molecular flexibility index (Phi) is 9.03. The van der Waals surface area contributed by atoms with Crippen LogP contribution in [0.4, 0.5) is 0 Å². The monoisotopic (exact) mass is 618 g/mol. The minimum Gasteiger partial charge on any atom is -0.497 e. The molecule has 3 aromatic carbocycles. The summed E-state index contributed by atoms with van der Waals surface area (Å²) in [5.41, 5.74) is 2.86. The maximum Gasteiger partial charge on any atom is 0.338 e. The fraction of sp³-hybridized carbons (Fsp3) is 0.242. The van der Waals surface area contributed by atoms with Crippen LogP contribution in [0.2, 0.25) is 5.02 Å². The Balaban J connectivity index is 1.58. The summed E-state index contributed by atoms with van der Waals surface area (Å²) in [7, 11) is 3.12. The van der Waals surface area contributed by atoms with Gasteiger partial charge in [-0.1, -0.05) is 65.4 Å². The van der Waals surface area contributed by atoms with Crippen LogP contribution in [0.3, 0.4) is 0 Å². The van der Waals surface area contributed by atoms with Crippen molar-refractivity contribution in [3.63, 3.8) is 0 Å². The van der Waals surface area contributed by atoms with E-state index in [1.165, 1.54) is 18.4 Å². The van der Waals surface area contributed by atoms with Gasteiger partial charge in [-0.3, -0.25) is 9.36 Å². The maximum atomic E-state index is 14.0. The number of esters is 1. The summed E-state index contributed by atoms with van der Waals surface area (Å²) in [6.07, 6.45) is 1.39. The van der Waals surface area contributed by atoms with Crippen molar-refractivity contribution in [3.8, 4) is 17.2 Å². The fourth-order valence-corrected chi connectivity index (χ4v) is 6.13. The Labute approximate surface area is 258 Å². The number of allylic oxidation sites excluding steroid dienone is 1. The lowest BCUT2D eigenvalue weighted by atomic mass is 9.96. The highest BCUT2D eigenvalue weighted by Crippen LogP contribution is 2.37. The Bertz CT molecular complexity index is 1860. The molecule has 10 heteroatoms. The van der Waals surface area contributed by atoms with Gasteiger partial charge >= 0.3 is 5.97 Å². The molecule has 2 heterocycles. The number of aromatic nitrogens is 1. The van der Waals surface area contributed by atoms with Crippen molar-refractivity contribution in [3.05, 3.63) is 119 Å². The molecule has 0 N–H and O–H groups in total. The average Bonchev–Trinajstić information content (AvgIpc) is 3.29. The zero-order valence-electron chi connectivity index (χ0n) is 24.4. The highest BCUT2D eigenvalue weighted by molar-refractivity contribution is 7.07. The van der Waals surface area contributed by atoms with E-state index in [0.717, 1.165) is 11.1 Å². The molecule has 0 bridgehead atoms. The molecule has 4 aromatic rings. The number of halogens is 1. The van der Waals surface area contributed by atoms with E-state index in [1.54, 1.807) is 62.8 Å². The van der Waals surface area contributed by atoms with Crippen LogP contribution in [0.5, 0.6) is 17.2 Å². The first-order valence-corrected chi connectivity index (χ1v) is 14.8. The van der Waals surface area contributed by atoms with E-state index in [-0.39, 0.29) is 11.7 Å². The molecule has 1 atom stereocenters. The first kappa shape index (κ1) is 30.1. The minimum absolute atomic E-state index is 0.300. The molecule has 0 spiro atoms. The first-order valence-electron chi connectivity index (χ1n) is 13.6. The molecule has 0 radical (unpaired) electrons. The normalized spacial score (nSPS) is 14.8. The standard InChI is InChI=1S/C33H31ClN2O6S/c1-19(2)42-32(38)28-20(3)35-33-36(29(28)23-11-13-24(39-4)14-12-23)31(37)27(43-33)17-22-15-25(34)30(26(16-22)40-5)41-18-21-9-7-6-8-10-21/h6-17,19,29H,18H2,1-5H3/b27-17-/t29-/m0/s1. The summed E-state index contributed by atoms with van der Waals surface area (Å²) in [5.74, 6) is 0.988. The molecule has 0 amide bonds. The largest absolute Gasteiger partial charge is 0.497 e. The summed E-state index contributed by atoms with van der Waals surface area (Å²) in [6, 6.07) is 19.7. The number of hydrogen-bond acceptors (Lipinski definition) is 8. The van der Waals surface area contributed by atoms with Crippen LogP contribution in [0.25, 0.3) is 6.08 Å². The summed E-state index contributed by atoms with van der Waals surface area (Å²) >= 11 is 7.86. The van der Waals surface area contributed by atoms with Crippen LogP contribution in [0, 0.1) is 0 Å². The van der Waals surface area contributed by atoms with E-state index in [2.05, 4.69) is 4.99 Å². The van der Waals surface area contributed by atoms with Gasteiger partial charge in [-0.05, 0) is 67.8 Å². The van der Waals surface area contributed by atoms with Crippen molar-refractivity contribution in [1.82, 2.24) is 4.57 Å². The van der Waals surface area contributed by atoms with Crippen molar-refractivity contribution in [2.45, 2.75) is 39.5 Å². The van der Waals surface area contributed by atoms with Gasteiger partial charge in [0.15, 0.2) is 16.3 Å². The third kappa shape index (κ3) is 6.38. The van der Waals surface area contributed by atoms with E-state index >= 15 is 0 Å². The number of ether oxygens (including phenoxy) is 4. The first-order chi connectivity index (χ1) is 20.7. The lowest BCUT2D eigenvalue weighted by Gasteiger charge is -2.25. The maximum absolute atomic E-state index is 14.0. The van der Waals surface area contributed by atoms with Crippen molar-refractivity contribution < 1.29 is 23.7 Å². The number of thiazole rings is 1. The van der Waals surface area contributed by atoms with E-state index in [4.69, 9.17) is 30.5 Å². The highest BCUT2D eigenvalue weighted by Gasteiger charge is 2.33. The lowest BCUT2D eigenvalue weighted by Crippen LogP contribution is -2.40.